The van der Waals surface area contributed by atoms with Gasteiger partial charge in [-0.25, -0.2) is 0 Å². The zero-order valence-electron chi connectivity index (χ0n) is 15.7. The van der Waals surface area contributed by atoms with Gasteiger partial charge in [0.05, 0.1) is 17.9 Å². The van der Waals surface area contributed by atoms with Crippen LogP contribution in [0.4, 0.5) is 11.4 Å². The molecule has 1 fully saturated rings. The maximum absolute atomic E-state index is 13.1. The van der Waals surface area contributed by atoms with Crippen molar-refractivity contribution in [3.05, 3.63) is 53.1 Å². The van der Waals surface area contributed by atoms with Gasteiger partial charge in [-0.1, -0.05) is 29.8 Å². The van der Waals surface area contributed by atoms with Gasteiger partial charge in [0.1, 0.15) is 0 Å². The second kappa shape index (κ2) is 7.06. The fourth-order valence-electron chi connectivity index (χ4n) is 3.65. The maximum Gasteiger partial charge on any atom is 0.271 e. The van der Waals surface area contributed by atoms with Crippen molar-refractivity contribution in [2.45, 2.75) is 26.0 Å². The molecule has 0 saturated carbocycles. The van der Waals surface area contributed by atoms with Crippen LogP contribution < -0.4 is 19.9 Å². The van der Waals surface area contributed by atoms with E-state index in [1.54, 1.807) is 0 Å². The molecular weight excluding hydrogens is 362 g/mol. The van der Waals surface area contributed by atoms with E-state index in [2.05, 4.69) is 16.3 Å². The molecule has 142 valence electrons. The van der Waals surface area contributed by atoms with Crippen molar-refractivity contribution in [3.8, 4) is 5.75 Å². The number of carbonyl (C=O) groups excluding carboxylic acids is 1. The number of hydrogen-bond donors (Lipinski definition) is 1. The van der Waals surface area contributed by atoms with Crippen LogP contribution in [0.15, 0.2) is 42.5 Å². The van der Waals surface area contributed by atoms with Crippen molar-refractivity contribution in [2.75, 3.05) is 36.0 Å². The molecule has 0 aromatic heterocycles. The predicted molar refractivity (Wildman–Crippen MR) is 109 cm³/mol. The van der Waals surface area contributed by atoms with Gasteiger partial charge >= 0.3 is 0 Å². The minimum atomic E-state index is -0.913. The van der Waals surface area contributed by atoms with Crippen LogP contribution in [0.25, 0.3) is 0 Å². The second-order valence-corrected chi connectivity index (χ2v) is 7.93. The Morgan fingerprint density at radius 1 is 1.07 bits per heavy atom. The first-order valence-corrected chi connectivity index (χ1v) is 9.67. The Hall–Kier alpha value is -2.24. The van der Waals surface area contributed by atoms with Crippen molar-refractivity contribution in [1.29, 1.82) is 0 Å². The molecule has 27 heavy (non-hydrogen) atoms. The van der Waals surface area contributed by atoms with Crippen molar-refractivity contribution in [1.82, 2.24) is 5.32 Å². The van der Waals surface area contributed by atoms with Crippen LogP contribution in [0, 0.1) is 0 Å². The lowest BCUT2D eigenvalue weighted by molar-refractivity contribution is -0.132. The number of benzene rings is 2. The summed E-state index contributed by atoms with van der Waals surface area (Å²) in [5, 5.41) is 4.06. The fourth-order valence-corrected chi connectivity index (χ4v) is 3.77. The molecule has 0 unspecified atom stereocenters. The molecule has 0 atom stereocenters. The van der Waals surface area contributed by atoms with Gasteiger partial charge in [-0.2, -0.15) is 0 Å². The average molecular weight is 386 g/mol. The topological polar surface area (TPSA) is 44.8 Å². The van der Waals surface area contributed by atoms with Gasteiger partial charge in [0, 0.05) is 31.2 Å². The van der Waals surface area contributed by atoms with Crippen LogP contribution in [0.3, 0.4) is 0 Å². The van der Waals surface area contributed by atoms with Crippen molar-refractivity contribution < 1.29 is 9.53 Å². The lowest BCUT2D eigenvalue weighted by Gasteiger charge is -2.41. The summed E-state index contributed by atoms with van der Waals surface area (Å²) in [7, 11) is 0. The summed E-state index contributed by atoms with van der Waals surface area (Å²) in [6.07, 6.45) is 0. The van der Waals surface area contributed by atoms with Gasteiger partial charge in [-0.05, 0) is 43.7 Å². The number of nitrogens with zero attached hydrogens (tertiary/aromatic N) is 2. The summed E-state index contributed by atoms with van der Waals surface area (Å²) in [5.74, 6) is 0.750. The van der Waals surface area contributed by atoms with Gasteiger partial charge in [0.2, 0.25) is 0 Å². The lowest BCUT2D eigenvalue weighted by Crippen LogP contribution is -2.52. The minimum absolute atomic E-state index is 0.0394. The number of nitrogens with one attached hydrogen (secondary N) is 1. The number of ether oxygens (including phenoxy) is 1. The number of para-hydroxylation sites is 1. The number of rotatable bonds is 3. The molecule has 2 aromatic carbocycles. The third-order valence-corrected chi connectivity index (χ3v) is 5.35. The summed E-state index contributed by atoms with van der Waals surface area (Å²) in [6, 6.07) is 13.7. The van der Waals surface area contributed by atoms with Gasteiger partial charge < -0.3 is 19.9 Å². The third-order valence-electron chi connectivity index (χ3n) is 5.09. The largest absolute Gasteiger partial charge is 0.474 e. The molecule has 1 amide bonds. The van der Waals surface area contributed by atoms with Gasteiger partial charge in [0.25, 0.3) is 5.91 Å². The molecule has 1 saturated heterocycles. The Morgan fingerprint density at radius 2 is 1.74 bits per heavy atom. The van der Waals surface area contributed by atoms with Crippen molar-refractivity contribution >= 4 is 28.9 Å². The first kappa shape index (κ1) is 18.1. The molecular formula is C21H24ClN3O2. The van der Waals surface area contributed by atoms with Crippen molar-refractivity contribution in [3.63, 3.8) is 0 Å². The van der Waals surface area contributed by atoms with Crippen molar-refractivity contribution in [2.24, 2.45) is 0 Å². The summed E-state index contributed by atoms with van der Waals surface area (Å²) in [4.78, 5) is 17.3. The normalized spacial score (nSPS) is 18.9. The van der Waals surface area contributed by atoms with E-state index in [0.717, 1.165) is 48.9 Å². The number of fused-ring (bicyclic) bond motifs is 1. The number of anilines is 2. The van der Waals surface area contributed by atoms with Gasteiger partial charge in [0.15, 0.2) is 11.4 Å². The summed E-state index contributed by atoms with van der Waals surface area (Å²) < 4.78 is 6.23. The Bertz CT molecular complexity index is 845. The van der Waals surface area contributed by atoms with E-state index in [4.69, 9.17) is 16.3 Å². The zero-order valence-corrected chi connectivity index (χ0v) is 16.4. The highest BCUT2D eigenvalue weighted by Crippen LogP contribution is 2.45. The van der Waals surface area contributed by atoms with E-state index in [9.17, 15) is 4.79 Å². The number of piperazine rings is 1. The molecule has 2 aliphatic heterocycles. The highest BCUT2D eigenvalue weighted by molar-refractivity contribution is 6.30. The van der Waals surface area contributed by atoms with E-state index < -0.39 is 5.60 Å². The highest BCUT2D eigenvalue weighted by Gasteiger charge is 2.42. The minimum Gasteiger partial charge on any atom is -0.474 e. The van der Waals surface area contributed by atoms with Crippen LogP contribution >= 0.6 is 11.6 Å². The summed E-state index contributed by atoms with van der Waals surface area (Å²) in [6.45, 7) is 7.89. The fraction of sp³-hybridized carbons (Fsp3) is 0.381. The summed E-state index contributed by atoms with van der Waals surface area (Å²) >= 11 is 6.01. The Morgan fingerprint density at radius 3 is 2.44 bits per heavy atom. The van der Waals surface area contributed by atoms with Crippen LogP contribution in [-0.2, 0) is 11.3 Å². The van der Waals surface area contributed by atoms with Crippen LogP contribution in [0.2, 0.25) is 5.02 Å². The first-order chi connectivity index (χ1) is 13.0. The zero-order chi connectivity index (χ0) is 19.0. The Labute approximate surface area is 164 Å². The quantitative estimate of drug-likeness (QED) is 0.878. The predicted octanol–water partition coefficient (Wildman–Crippen LogP) is 3.45. The first-order valence-electron chi connectivity index (χ1n) is 9.30. The Balaban J connectivity index is 1.74. The smallest absolute Gasteiger partial charge is 0.271 e. The lowest BCUT2D eigenvalue weighted by atomic mass is 10.0. The molecule has 0 aliphatic carbocycles. The molecule has 0 spiro atoms. The van der Waals surface area contributed by atoms with Crippen LogP contribution in [0.1, 0.15) is 19.4 Å². The van der Waals surface area contributed by atoms with Crippen LogP contribution in [0.5, 0.6) is 5.75 Å². The van der Waals surface area contributed by atoms with E-state index in [-0.39, 0.29) is 5.91 Å². The number of amides is 1. The number of halogens is 1. The molecule has 2 aromatic rings. The number of carbonyl (C=O) groups is 1. The van der Waals surface area contributed by atoms with Crippen LogP contribution in [-0.4, -0.2) is 37.7 Å². The van der Waals surface area contributed by atoms with E-state index >= 15 is 0 Å². The van der Waals surface area contributed by atoms with Gasteiger partial charge in [-0.15, -0.1) is 0 Å². The third kappa shape index (κ3) is 3.49. The molecule has 2 heterocycles. The monoisotopic (exact) mass is 385 g/mol. The van der Waals surface area contributed by atoms with E-state index in [1.165, 1.54) is 0 Å². The summed E-state index contributed by atoms with van der Waals surface area (Å²) in [5.41, 5.74) is 1.99. The second-order valence-electron chi connectivity index (χ2n) is 7.49. The Kier molecular flexibility index (Phi) is 4.74. The SMILES string of the molecule is CC1(C)Oc2c(N3CCNCC3)cccc2N(Cc2ccc(Cl)cc2)C1=O. The maximum atomic E-state index is 13.1. The molecule has 4 rings (SSSR count). The van der Waals surface area contributed by atoms with E-state index in [0.29, 0.717) is 11.6 Å². The molecule has 0 bridgehead atoms. The number of hydrogen-bond acceptors (Lipinski definition) is 4. The molecule has 5 nitrogen and oxygen atoms in total. The standard InChI is InChI=1S/C21H24ClN3O2/c1-21(2)20(26)25(14-15-6-8-16(22)9-7-15)18-5-3-4-17(19(18)27-21)24-12-10-23-11-13-24/h3-9,23H,10-14H2,1-2H3. The molecule has 2 aliphatic rings. The molecule has 0 radical (unpaired) electrons. The molecule has 1 N–H and O–H groups in total. The highest BCUT2D eigenvalue weighted by atomic mass is 35.5. The van der Waals surface area contributed by atoms with E-state index in [1.807, 2.05) is 55.1 Å². The van der Waals surface area contributed by atoms with Gasteiger partial charge in [-0.3, -0.25) is 4.79 Å². The average Bonchev–Trinajstić information content (AvgIpc) is 2.67. The molecule has 6 heteroatoms.